The summed E-state index contributed by atoms with van der Waals surface area (Å²) in [4.78, 5) is 35.5. The molecule has 7 nitrogen and oxygen atoms in total. The number of ketones is 1. The number of carbonyl (C=O) groups excluding carboxylic acids is 1. The molecule has 0 aliphatic carbocycles. The summed E-state index contributed by atoms with van der Waals surface area (Å²) in [6.45, 7) is 2.78. The number of carbonyl (C=O) groups is 2. The van der Waals surface area contributed by atoms with Gasteiger partial charge in [-0.1, -0.05) is 0 Å². The zero-order chi connectivity index (χ0) is 16.3. The van der Waals surface area contributed by atoms with E-state index < -0.39 is 22.9 Å². The van der Waals surface area contributed by atoms with Crippen LogP contribution >= 0.6 is 0 Å². The van der Waals surface area contributed by atoms with E-state index in [9.17, 15) is 19.7 Å². The van der Waals surface area contributed by atoms with Crippen LogP contribution in [0.15, 0.2) is 24.3 Å². The van der Waals surface area contributed by atoms with Gasteiger partial charge in [0.1, 0.15) is 0 Å². The summed E-state index contributed by atoms with van der Waals surface area (Å²) >= 11 is 0. The minimum absolute atomic E-state index is 0.0619. The first-order chi connectivity index (χ1) is 10.4. The summed E-state index contributed by atoms with van der Waals surface area (Å²) in [5.41, 5.74) is 0.337. The lowest BCUT2D eigenvalue weighted by atomic mass is 9.95. The predicted octanol–water partition coefficient (Wildman–Crippen LogP) is 1.96. The van der Waals surface area contributed by atoms with Gasteiger partial charge >= 0.3 is 5.97 Å². The number of carboxylic acid groups (broad SMARTS) is 1. The molecule has 2 unspecified atom stereocenters. The Bertz CT molecular complexity index is 584. The third-order valence-electron chi connectivity index (χ3n) is 4.09. The molecule has 1 fully saturated rings. The monoisotopic (exact) mass is 306 g/mol. The second-order valence-electron chi connectivity index (χ2n) is 5.52. The van der Waals surface area contributed by atoms with E-state index in [1.807, 2.05) is 4.90 Å². The number of piperidine rings is 1. The van der Waals surface area contributed by atoms with Crippen LogP contribution in [0.1, 0.15) is 30.1 Å². The summed E-state index contributed by atoms with van der Waals surface area (Å²) < 4.78 is 0. The van der Waals surface area contributed by atoms with Crippen molar-refractivity contribution in [2.75, 3.05) is 13.1 Å². The average Bonchev–Trinajstić information content (AvgIpc) is 2.53. The van der Waals surface area contributed by atoms with Crippen LogP contribution in [0.2, 0.25) is 0 Å². The minimum Gasteiger partial charge on any atom is -0.481 e. The molecule has 0 radical (unpaired) electrons. The van der Waals surface area contributed by atoms with Gasteiger partial charge in [0, 0.05) is 24.2 Å². The van der Waals surface area contributed by atoms with Gasteiger partial charge in [0.2, 0.25) is 0 Å². The van der Waals surface area contributed by atoms with Gasteiger partial charge in [-0.3, -0.25) is 24.6 Å². The van der Waals surface area contributed by atoms with Crippen LogP contribution in [0.3, 0.4) is 0 Å². The third-order valence-corrected chi connectivity index (χ3v) is 4.09. The lowest BCUT2D eigenvalue weighted by Crippen LogP contribution is -2.46. The fraction of sp³-hybridized carbons (Fsp3) is 0.467. The van der Waals surface area contributed by atoms with Crippen molar-refractivity contribution in [1.82, 2.24) is 4.90 Å². The number of nitro groups is 1. The van der Waals surface area contributed by atoms with E-state index in [0.29, 0.717) is 25.1 Å². The summed E-state index contributed by atoms with van der Waals surface area (Å²) in [7, 11) is 0. The zero-order valence-corrected chi connectivity index (χ0v) is 12.3. The number of nitrogens with zero attached hydrogens (tertiary/aromatic N) is 2. The van der Waals surface area contributed by atoms with Crippen LogP contribution in [0.25, 0.3) is 0 Å². The Morgan fingerprint density at radius 2 is 2.00 bits per heavy atom. The van der Waals surface area contributed by atoms with Gasteiger partial charge in [0.15, 0.2) is 5.78 Å². The number of rotatable bonds is 5. The van der Waals surface area contributed by atoms with Gasteiger partial charge in [-0.25, -0.2) is 0 Å². The third kappa shape index (κ3) is 3.48. The molecule has 0 bridgehead atoms. The quantitative estimate of drug-likeness (QED) is 0.507. The van der Waals surface area contributed by atoms with Crippen molar-refractivity contribution in [3.05, 3.63) is 39.9 Å². The first-order valence-corrected chi connectivity index (χ1v) is 7.15. The molecule has 1 N–H and O–H groups in total. The minimum atomic E-state index is -0.834. The highest BCUT2D eigenvalue weighted by molar-refractivity contribution is 6.00. The fourth-order valence-corrected chi connectivity index (χ4v) is 2.71. The molecule has 2 atom stereocenters. The van der Waals surface area contributed by atoms with Crippen molar-refractivity contribution < 1.29 is 19.6 Å². The lowest BCUT2D eigenvalue weighted by molar-refractivity contribution is -0.384. The first kappa shape index (κ1) is 16.1. The molecule has 1 aromatic rings. The van der Waals surface area contributed by atoms with Crippen LogP contribution in [0, 0.1) is 16.0 Å². The number of hydrogen-bond acceptors (Lipinski definition) is 5. The van der Waals surface area contributed by atoms with Crippen LogP contribution in [0.5, 0.6) is 0 Å². The SMILES string of the molecule is CC(C(=O)c1ccc([N+](=O)[O-])cc1)N1CCCC(C(=O)O)C1. The van der Waals surface area contributed by atoms with Gasteiger partial charge in [-0.05, 0) is 38.4 Å². The van der Waals surface area contributed by atoms with Crippen molar-refractivity contribution in [2.45, 2.75) is 25.8 Å². The van der Waals surface area contributed by atoms with Gasteiger partial charge in [-0.2, -0.15) is 0 Å². The van der Waals surface area contributed by atoms with Gasteiger partial charge in [-0.15, -0.1) is 0 Å². The van der Waals surface area contributed by atoms with E-state index in [4.69, 9.17) is 5.11 Å². The Labute approximate surface area is 127 Å². The summed E-state index contributed by atoms with van der Waals surface area (Å²) in [6.07, 6.45) is 1.37. The second kappa shape index (κ2) is 6.65. The van der Waals surface area contributed by atoms with Crippen molar-refractivity contribution in [3.63, 3.8) is 0 Å². The Hall–Kier alpha value is -2.28. The number of nitro benzene ring substituents is 1. The number of likely N-dealkylation sites (tertiary alicyclic amines) is 1. The van der Waals surface area contributed by atoms with Crippen LogP contribution in [-0.2, 0) is 4.79 Å². The summed E-state index contributed by atoms with van der Waals surface area (Å²) in [5, 5.41) is 19.7. The molecule has 2 rings (SSSR count). The number of aliphatic carboxylic acids is 1. The summed E-state index contributed by atoms with van der Waals surface area (Å²) in [5.74, 6) is -1.43. The normalized spacial score (nSPS) is 20.3. The molecule has 0 spiro atoms. The Kier molecular flexibility index (Phi) is 4.87. The maximum absolute atomic E-state index is 12.4. The maximum atomic E-state index is 12.4. The number of non-ortho nitro benzene ring substituents is 1. The lowest BCUT2D eigenvalue weighted by Gasteiger charge is -2.34. The van der Waals surface area contributed by atoms with Gasteiger partial charge < -0.3 is 5.11 Å². The number of carboxylic acids is 1. The number of hydrogen-bond donors (Lipinski definition) is 1. The highest BCUT2D eigenvalue weighted by Gasteiger charge is 2.31. The highest BCUT2D eigenvalue weighted by Crippen LogP contribution is 2.21. The van der Waals surface area contributed by atoms with E-state index in [-0.39, 0.29) is 11.5 Å². The van der Waals surface area contributed by atoms with Gasteiger partial charge in [0.25, 0.3) is 5.69 Å². The molecular formula is C15H18N2O5. The largest absolute Gasteiger partial charge is 0.481 e. The Morgan fingerprint density at radius 1 is 1.36 bits per heavy atom. The molecule has 0 aromatic heterocycles. The van der Waals surface area contributed by atoms with Crippen molar-refractivity contribution in [2.24, 2.45) is 5.92 Å². The Morgan fingerprint density at radius 3 is 2.55 bits per heavy atom. The smallest absolute Gasteiger partial charge is 0.307 e. The van der Waals surface area contributed by atoms with E-state index in [0.717, 1.165) is 6.42 Å². The number of benzene rings is 1. The maximum Gasteiger partial charge on any atom is 0.307 e. The molecule has 1 aliphatic rings. The van der Waals surface area contributed by atoms with Crippen LogP contribution < -0.4 is 0 Å². The molecule has 0 saturated carbocycles. The van der Waals surface area contributed by atoms with Crippen molar-refractivity contribution >= 4 is 17.4 Å². The van der Waals surface area contributed by atoms with Crippen molar-refractivity contribution in [1.29, 1.82) is 0 Å². The van der Waals surface area contributed by atoms with E-state index >= 15 is 0 Å². The number of Topliss-reactive ketones (excluding diaryl/α,β-unsaturated/α-hetero) is 1. The van der Waals surface area contributed by atoms with E-state index in [2.05, 4.69) is 0 Å². The molecule has 118 valence electrons. The molecule has 0 amide bonds. The fourth-order valence-electron chi connectivity index (χ4n) is 2.71. The molecule has 1 heterocycles. The summed E-state index contributed by atoms with van der Waals surface area (Å²) in [6, 6.07) is 5.04. The molecule has 7 heteroatoms. The van der Waals surface area contributed by atoms with E-state index in [1.54, 1.807) is 6.92 Å². The standard InChI is InChI=1S/C15H18N2O5/c1-10(16-8-2-3-12(9-16)15(19)20)14(18)11-4-6-13(7-5-11)17(21)22/h4-7,10,12H,2-3,8-9H2,1H3,(H,19,20). The average molecular weight is 306 g/mol. The first-order valence-electron chi connectivity index (χ1n) is 7.15. The van der Waals surface area contributed by atoms with Crippen LogP contribution in [-0.4, -0.2) is 45.8 Å². The van der Waals surface area contributed by atoms with Crippen LogP contribution in [0.4, 0.5) is 5.69 Å². The van der Waals surface area contributed by atoms with Crippen molar-refractivity contribution in [3.8, 4) is 0 Å². The molecule has 1 saturated heterocycles. The molecular weight excluding hydrogens is 288 g/mol. The molecule has 1 aliphatic heterocycles. The molecule has 22 heavy (non-hydrogen) atoms. The van der Waals surface area contributed by atoms with E-state index in [1.165, 1.54) is 24.3 Å². The second-order valence-corrected chi connectivity index (χ2v) is 5.52. The zero-order valence-electron chi connectivity index (χ0n) is 12.3. The topological polar surface area (TPSA) is 101 Å². The predicted molar refractivity (Wildman–Crippen MR) is 78.8 cm³/mol. The Balaban J connectivity index is 2.08. The highest BCUT2D eigenvalue weighted by atomic mass is 16.6. The molecule has 1 aromatic carbocycles. The van der Waals surface area contributed by atoms with Gasteiger partial charge in [0.05, 0.1) is 16.9 Å².